The number of esters is 3. The van der Waals surface area contributed by atoms with Crippen molar-refractivity contribution in [2.45, 2.75) is 444 Å². The Morgan fingerprint density at radius 1 is 0.232 bits per heavy atom. The zero-order chi connectivity index (χ0) is 59.2. The van der Waals surface area contributed by atoms with E-state index in [1.807, 2.05) is 0 Å². The highest BCUT2D eigenvalue weighted by molar-refractivity contribution is 5.71. The maximum atomic E-state index is 12.9. The normalized spacial score (nSPS) is 12.0. The van der Waals surface area contributed by atoms with Crippen molar-refractivity contribution >= 4 is 17.9 Å². The van der Waals surface area contributed by atoms with E-state index in [9.17, 15) is 14.4 Å². The van der Waals surface area contributed by atoms with E-state index in [4.69, 9.17) is 14.2 Å². The molecule has 0 amide bonds. The molecule has 0 aromatic rings. The first-order valence-corrected chi connectivity index (χ1v) is 37.7. The Hall–Kier alpha value is -1.85. The van der Waals surface area contributed by atoms with E-state index in [0.717, 1.165) is 57.8 Å². The molecule has 0 saturated heterocycles. The van der Waals surface area contributed by atoms with Crippen molar-refractivity contribution < 1.29 is 28.6 Å². The molecule has 0 N–H and O–H groups in total. The van der Waals surface area contributed by atoms with Crippen LogP contribution in [0.25, 0.3) is 0 Å². The number of rotatable bonds is 71. The van der Waals surface area contributed by atoms with Crippen LogP contribution in [0.2, 0.25) is 0 Å². The van der Waals surface area contributed by atoms with Crippen LogP contribution in [0, 0.1) is 0 Å². The summed E-state index contributed by atoms with van der Waals surface area (Å²) in [7, 11) is 0. The van der Waals surface area contributed by atoms with Gasteiger partial charge in [0.2, 0.25) is 0 Å². The van der Waals surface area contributed by atoms with E-state index in [0.29, 0.717) is 19.3 Å². The Kier molecular flexibility index (Phi) is 70.0. The van der Waals surface area contributed by atoms with Gasteiger partial charge in [-0.3, -0.25) is 14.4 Å². The van der Waals surface area contributed by atoms with E-state index in [2.05, 4.69) is 32.9 Å². The van der Waals surface area contributed by atoms with Crippen molar-refractivity contribution in [1.29, 1.82) is 0 Å². The zero-order valence-electron chi connectivity index (χ0n) is 56.1. The summed E-state index contributed by atoms with van der Waals surface area (Å²) >= 11 is 0. The van der Waals surface area contributed by atoms with E-state index in [1.54, 1.807) is 0 Å². The molecule has 0 rings (SSSR count). The summed E-state index contributed by atoms with van der Waals surface area (Å²) in [6.45, 7) is 6.68. The minimum absolute atomic E-state index is 0.0641. The highest BCUT2D eigenvalue weighted by Gasteiger charge is 2.20. The van der Waals surface area contributed by atoms with Gasteiger partial charge in [-0.05, 0) is 44.9 Å². The van der Waals surface area contributed by atoms with Gasteiger partial charge in [0.15, 0.2) is 6.10 Å². The monoisotopic (exact) mass is 1160 g/mol. The second-order valence-corrected chi connectivity index (χ2v) is 25.9. The van der Waals surface area contributed by atoms with Gasteiger partial charge >= 0.3 is 17.9 Å². The molecule has 486 valence electrons. The van der Waals surface area contributed by atoms with Crippen LogP contribution in [0.1, 0.15) is 438 Å². The van der Waals surface area contributed by atoms with Gasteiger partial charge in [0.1, 0.15) is 13.2 Å². The second kappa shape index (κ2) is 71.6. The average Bonchev–Trinajstić information content (AvgIpc) is 3.48. The summed E-state index contributed by atoms with van der Waals surface area (Å²) in [5, 5.41) is 0. The highest BCUT2D eigenvalue weighted by Crippen LogP contribution is 2.20. The van der Waals surface area contributed by atoms with Crippen molar-refractivity contribution in [2.24, 2.45) is 0 Å². The molecule has 0 saturated carbocycles. The lowest BCUT2D eigenvalue weighted by molar-refractivity contribution is -0.167. The first-order valence-electron chi connectivity index (χ1n) is 37.7. The standard InChI is InChI=1S/C76H146O6/c1-4-7-10-13-16-18-20-22-24-26-28-30-32-33-34-35-36-37-38-39-40-41-42-44-45-47-49-51-53-55-57-60-63-66-69-75(78)81-72-73(71-80-74(77)68-65-62-59-15-12-9-6-3)82-76(79)70-67-64-61-58-56-54-52-50-48-46-43-31-29-27-25-23-21-19-17-14-11-8-5-2/h27,29,73H,4-26,28,30-72H2,1-3H3/b29-27-. The fraction of sp³-hybridized carbons (Fsp3) is 0.934. The molecular weight excluding hydrogens is 1010 g/mol. The molecule has 6 heteroatoms. The quantitative estimate of drug-likeness (QED) is 0.0261. The van der Waals surface area contributed by atoms with E-state index >= 15 is 0 Å². The third-order valence-electron chi connectivity index (χ3n) is 17.5. The first-order chi connectivity index (χ1) is 40.5. The summed E-state index contributed by atoms with van der Waals surface area (Å²) in [5.41, 5.74) is 0. The van der Waals surface area contributed by atoms with Crippen molar-refractivity contribution in [1.82, 2.24) is 0 Å². The average molecular weight is 1160 g/mol. The van der Waals surface area contributed by atoms with Gasteiger partial charge in [-0.1, -0.05) is 386 Å². The molecule has 0 aromatic heterocycles. The summed E-state index contributed by atoms with van der Waals surface area (Å²) in [5.74, 6) is -0.840. The molecule has 1 atom stereocenters. The van der Waals surface area contributed by atoms with Crippen LogP contribution in [-0.4, -0.2) is 37.2 Å². The molecule has 0 aliphatic carbocycles. The predicted molar refractivity (Wildman–Crippen MR) is 358 cm³/mol. The summed E-state index contributed by atoms with van der Waals surface area (Å²) in [6, 6.07) is 0. The van der Waals surface area contributed by atoms with Crippen molar-refractivity contribution in [3.05, 3.63) is 12.2 Å². The fourth-order valence-electron chi connectivity index (χ4n) is 11.9. The first kappa shape index (κ1) is 80.2. The number of hydrogen-bond donors (Lipinski definition) is 0. The molecule has 0 heterocycles. The number of allylic oxidation sites excluding steroid dienone is 2. The number of ether oxygens (including phenoxy) is 3. The number of unbranched alkanes of at least 4 members (excludes halogenated alkanes) is 58. The summed E-state index contributed by atoms with van der Waals surface area (Å²) in [4.78, 5) is 38.2. The number of carbonyl (C=O) groups excluding carboxylic acids is 3. The molecular formula is C76H146O6. The predicted octanol–water partition coefficient (Wildman–Crippen LogP) is 26.0. The number of carbonyl (C=O) groups is 3. The van der Waals surface area contributed by atoms with Gasteiger partial charge in [-0.2, -0.15) is 0 Å². The molecule has 82 heavy (non-hydrogen) atoms. The molecule has 0 fully saturated rings. The van der Waals surface area contributed by atoms with Crippen LogP contribution >= 0.6 is 0 Å². The molecule has 0 bridgehead atoms. The van der Waals surface area contributed by atoms with Crippen molar-refractivity contribution in [3.63, 3.8) is 0 Å². The van der Waals surface area contributed by atoms with Crippen LogP contribution in [0.5, 0.6) is 0 Å². The van der Waals surface area contributed by atoms with Gasteiger partial charge in [-0.15, -0.1) is 0 Å². The van der Waals surface area contributed by atoms with Crippen LogP contribution in [-0.2, 0) is 28.6 Å². The molecule has 0 radical (unpaired) electrons. The lowest BCUT2D eigenvalue weighted by atomic mass is 10.0. The lowest BCUT2D eigenvalue weighted by Gasteiger charge is -2.18. The molecule has 0 aromatic carbocycles. The van der Waals surface area contributed by atoms with E-state index in [1.165, 1.54) is 340 Å². The third kappa shape index (κ3) is 68.9. The van der Waals surface area contributed by atoms with E-state index in [-0.39, 0.29) is 31.1 Å². The SMILES string of the molecule is CCCCCCCCCC/C=C\CCCCCCCCCCCCCC(=O)OC(COC(=O)CCCCCCCCC)COC(=O)CCCCCCCCCCCCCCCCCCCCCCCCCCCCCCCCCCCC. The van der Waals surface area contributed by atoms with Crippen molar-refractivity contribution in [3.8, 4) is 0 Å². The van der Waals surface area contributed by atoms with Gasteiger partial charge in [0.25, 0.3) is 0 Å². The van der Waals surface area contributed by atoms with E-state index < -0.39 is 6.10 Å². The molecule has 0 aliphatic heterocycles. The van der Waals surface area contributed by atoms with Crippen LogP contribution in [0.3, 0.4) is 0 Å². The Morgan fingerprint density at radius 3 is 0.610 bits per heavy atom. The largest absolute Gasteiger partial charge is 0.462 e. The Bertz CT molecular complexity index is 1280. The van der Waals surface area contributed by atoms with Crippen LogP contribution in [0.4, 0.5) is 0 Å². The van der Waals surface area contributed by atoms with Gasteiger partial charge in [0.05, 0.1) is 0 Å². The topological polar surface area (TPSA) is 78.9 Å². The lowest BCUT2D eigenvalue weighted by Crippen LogP contribution is -2.30. The maximum absolute atomic E-state index is 12.9. The minimum atomic E-state index is -0.765. The Morgan fingerprint density at radius 2 is 0.402 bits per heavy atom. The van der Waals surface area contributed by atoms with Crippen molar-refractivity contribution in [2.75, 3.05) is 13.2 Å². The molecule has 1 unspecified atom stereocenters. The second-order valence-electron chi connectivity index (χ2n) is 25.9. The summed E-state index contributed by atoms with van der Waals surface area (Å²) in [6.07, 6.45) is 87.4. The summed E-state index contributed by atoms with van der Waals surface area (Å²) < 4.78 is 16.9. The van der Waals surface area contributed by atoms with Crippen LogP contribution < -0.4 is 0 Å². The Balaban J connectivity index is 3.93. The van der Waals surface area contributed by atoms with Crippen LogP contribution in [0.15, 0.2) is 12.2 Å². The van der Waals surface area contributed by atoms with Gasteiger partial charge < -0.3 is 14.2 Å². The molecule has 6 nitrogen and oxygen atoms in total. The number of hydrogen-bond acceptors (Lipinski definition) is 6. The third-order valence-corrected chi connectivity index (χ3v) is 17.5. The fourth-order valence-corrected chi connectivity index (χ4v) is 11.9. The Labute approximate surface area is 513 Å². The maximum Gasteiger partial charge on any atom is 0.306 e. The van der Waals surface area contributed by atoms with Gasteiger partial charge in [0, 0.05) is 19.3 Å². The zero-order valence-corrected chi connectivity index (χ0v) is 56.1. The van der Waals surface area contributed by atoms with Gasteiger partial charge in [-0.25, -0.2) is 0 Å². The smallest absolute Gasteiger partial charge is 0.306 e. The minimum Gasteiger partial charge on any atom is -0.462 e. The molecule has 0 spiro atoms. The molecule has 0 aliphatic rings. The highest BCUT2D eigenvalue weighted by atomic mass is 16.6.